The van der Waals surface area contributed by atoms with Gasteiger partial charge < -0.3 is 10.6 Å². The second kappa shape index (κ2) is 7.68. The highest BCUT2D eigenvalue weighted by molar-refractivity contribution is 5.64. The molecule has 0 amide bonds. The van der Waals surface area contributed by atoms with Crippen LogP contribution in [0.4, 0.5) is 0 Å². The summed E-state index contributed by atoms with van der Waals surface area (Å²) in [5.74, 6) is 0. The van der Waals surface area contributed by atoms with Gasteiger partial charge in [-0.3, -0.25) is 9.59 Å². The van der Waals surface area contributed by atoms with Gasteiger partial charge in [0, 0.05) is 12.1 Å². The van der Waals surface area contributed by atoms with E-state index in [1.807, 2.05) is 0 Å². The number of rotatable bonds is 6. The number of allylic oxidation sites excluding steroid dienone is 2. The van der Waals surface area contributed by atoms with E-state index in [1.54, 1.807) is 12.4 Å². The molecule has 16 heavy (non-hydrogen) atoms. The van der Waals surface area contributed by atoms with Crippen LogP contribution in [0.15, 0.2) is 24.6 Å². The van der Waals surface area contributed by atoms with Gasteiger partial charge in [0.05, 0.1) is 0 Å². The summed E-state index contributed by atoms with van der Waals surface area (Å²) in [4.78, 5) is 20.3. The highest BCUT2D eigenvalue weighted by Crippen LogP contribution is 2.18. The van der Waals surface area contributed by atoms with Crippen molar-refractivity contribution in [3.05, 3.63) is 24.6 Å². The van der Waals surface area contributed by atoms with Crippen molar-refractivity contribution in [2.24, 2.45) is 0 Å². The van der Waals surface area contributed by atoms with Crippen LogP contribution in [0.25, 0.3) is 0 Å². The van der Waals surface area contributed by atoms with Crippen LogP contribution >= 0.6 is 0 Å². The second-order valence-electron chi connectivity index (χ2n) is 3.82. The minimum absolute atomic E-state index is 0.321. The Morgan fingerprint density at radius 1 is 0.812 bits per heavy atom. The molecule has 2 N–H and O–H groups in total. The van der Waals surface area contributed by atoms with Crippen molar-refractivity contribution in [2.75, 3.05) is 0 Å². The summed E-state index contributed by atoms with van der Waals surface area (Å²) in [5, 5.41) is 6.41. The average molecular weight is 222 g/mol. The summed E-state index contributed by atoms with van der Waals surface area (Å²) in [5.41, 5.74) is 0. The Labute approximate surface area is 95.8 Å². The van der Waals surface area contributed by atoms with Gasteiger partial charge in [0.1, 0.15) is 12.6 Å². The fourth-order valence-corrected chi connectivity index (χ4v) is 1.97. The average Bonchev–Trinajstić information content (AvgIpc) is 2.32. The lowest BCUT2D eigenvalue weighted by Gasteiger charge is -2.32. The van der Waals surface area contributed by atoms with Crippen molar-refractivity contribution in [3.63, 3.8) is 0 Å². The molecular weight excluding hydrogens is 204 g/mol. The Hall–Kier alpha value is -1.58. The monoisotopic (exact) mass is 222 g/mol. The molecule has 4 nitrogen and oxygen atoms in total. The van der Waals surface area contributed by atoms with E-state index in [1.165, 1.54) is 25.0 Å². The predicted molar refractivity (Wildman–Crippen MR) is 62.7 cm³/mol. The molecular formula is C12H18N2O2. The number of nitrogens with one attached hydrogen (secondary N) is 2. The van der Waals surface area contributed by atoms with Gasteiger partial charge in [0.2, 0.25) is 0 Å². The summed E-state index contributed by atoms with van der Waals surface area (Å²) < 4.78 is 0. The number of hydrogen-bond acceptors (Lipinski definition) is 4. The lowest BCUT2D eigenvalue weighted by Crippen LogP contribution is -2.46. The standard InChI is InChI=1S/C12H18N2O2/c15-9-3-7-13-11-5-1-2-6-12(11)14-8-4-10-16/h3-4,7-14H,1-2,5-6H2/b7-3+,8-4+. The molecule has 0 bridgehead atoms. The predicted octanol–water partition coefficient (Wildman–Crippen LogP) is 0.902. The molecule has 2 atom stereocenters. The molecule has 4 heteroatoms. The zero-order valence-corrected chi connectivity index (χ0v) is 9.26. The van der Waals surface area contributed by atoms with Gasteiger partial charge in [0.15, 0.2) is 0 Å². The molecule has 2 unspecified atom stereocenters. The fraction of sp³-hybridized carbons (Fsp3) is 0.500. The minimum atomic E-state index is 0.321. The molecule has 1 rings (SSSR count). The Kier molecular flexibility index (Phi) is 5.99. The highest BCUT2D eigenvalue weighted by Gasteiger charge is 2.22. The van der Waals surface area contributed by atoms with E-state index in [-0.39, 0.29) is 0 Å². The number of carbonyl (C=O) groups excluding carboxylic acids is 2. The molecule has 0 saturated heterocycles. The first-order chi connectivity index (χ1) is 7.88. The van der Waals surface area contributed by atoms with Gasteiger partial charge >= 0.3 is 0 Å². The van der Waals surface area contributed by atoms with E-state index in [4.69, 9.17) is 0 Å². The molecule has 0 aromatic heterocycles. The quantitative estimate of drug-likeness (QED) is 0.518. The molecule has 0 heterocycles. The van der Waals surface area contributed by atoms with Crippen LogP contribution in [0.3, 0.4) is 0 Å². The van der Waals surface area contributed by atoms with Crippen molar-refractivity contribution >= 4 is 12.6 Å². The fourth-order valence-electron chi connectivity index (χ4n) is 1.97. The number of hydrogen-bond donors (Lipinski definition) is 2. The highest BCUT2D eigenvalue weighted by atomic mass is 16.1. The van der Waals surface area contributed by atoms with E-state index in [9.17, 15) is 9.59 Å². The minimum Gasteiger partial charge on any atom is -0.386 e. The van der Waals surface area contributed by atoms with Crippen molar-refractivity contribution in [1.82, 2.24) is 10.6 Å². The molecule has 0 aromatic rings. The summed E-state index contributed by atoms with van der Waals surface area (Å²) in [7, 11) is 0. The first-order valence-corrected chi connectivity index (χ1v) is 5.61. The molecule has 1 aliphatic carbocycles. The molecule has 1 aliphatic rings. The number of carbonyl (C=O) groups is 2. The Morgan fingerprint density at radius 2 is 1.25 bits per heavy atom. The topological polar surface area (TPSA) is 58.2 Å². The summed E-state index contributed by atoms with van der Waals surface area (Å²) >= 11 is 0. The Balaban J connectivity index is 2.42. The van der Waals surface area contributed by atoms with Crippen LogP contribution in [0.2, 0.25) is 0 Å². The van der Waals surface area contributed by atoms with E-state index < -0.39 is 0 Å². The molecule has 0 aliphatic heterocycles. The maximum Gasteiger partial charge on any atom is 0.144 e. The second-order valence-corrected chi connectivity index (χ2v) is 3.82. The largest absolute Gasteiger partial charge is 0.386 e. The van der Waals surface area contributed by atoms with Gasteiger partial charge in [0.25, 0.3) is 0 Å². The zero-order chi connectivity index (χ0) is 11.6. The molecule has 88 valence electrons. The summed E-state index contributed by atoms with van der Waals surface area (Å²) in [6, 6.07) is 0.641. The first-order valence-electron chi connectivity index (χ1n) is 5.61. The summed E-state index contributed by atoms with van der Waals surface area (Å²) in [6.07, 6.45) is 12.3. The SMILES string of the molecule is O=C/C=C/NC1CCCCC1N/C=C/C=O. The van der Waals surface area contributed by atoms with Crippen LogP contribution in [-0.4, -0.2) is 24.7 Å². The third-order valence-electron chi connectivity index (χ3n) is 2.74. The molecule has 0 radical (unpaired) electrons. The van der Waals surface area contributed by atoms with E-state index >= 15 is 0 Å². The Morgan fingerprint density at radius 3 is 1.62 bits per heavy atom. The molecule has 1 fully saturated rings. The van der Waals surface area contributed by atoms with Crippen LogP contribution in [-0.2, 0) is 9.59 Å². The van der Waals surface area contributed by atoms with Gasteiger partial charge in [-0.2, -0.15) is 0 Å². The molecule has 1 saturated carbocycles. The van der Waals surface area contributed by atoms with Crippen molar-refractivity contribution in [1.29, 1.82) is 0 Å². The lowest BCUT2D eigenvalue weighted by atomic mass is 9.90. The zero-order valence-electron chi connectivity index (χ0n) is 9.26. The van der Waals surface area contributed by atoms with Crippen molar-refractivity contribution < 1.29 is 9.59 Å². The van der Waals surface area contributed by atoms with Crippen LogP contribution in [0.5, 0.6) is 0 Å². The maximum atomic E-state index is 10.1. The number of aldehydes is 2. The third kappa shape index (κ3) is 4.29. The van der Waals surface area contributed by atoms with Gasteiger partial charge in [-0.1, -0.05) is 12.8 Å². The van der Waals surface area contributed by atoms with E-state index in [0.29, 0.717) is 12.1 Å². The first kappa shape index (κ1) is 12.5. The summed E-state index contributed by atoms with van der Waals surface area (Å²) in [6.45, 7) is 0. The van der Waals surface area contributed by atoms with Crippen LogP contribution in [0.1, 0.15) is 25.7 Å². The maximum absolute atomic E-state index is 10.1. The van der Waals surface area contributed by atoms with Gasteiger partial charge in [-0.05, 0) is 37.4 Å². The van der Waals surface area contributed by atoms with Gasteiger partial charge in [-0.15, -0.1) is 0 Å². The smallest absolute Gasteiger partial charge is 0.144 e. The lowest BCUT2D eigenvalue weighted by molar-refractivity contribution is -0.104. The van der Waals surface area contributed by atoms with Gasteiger partial charge in [-0.25, -0.2) is 0 Å². The van der Waals surface area contributed by atoms with Crippen LogP contribution < -0.4 is 10.6 Å². The molecule has 0 spiro atoms. The van der Waals surface area contributed by atoms with E-state index in [0.717, 1.165) is 25.4 Å². The normalized spacial score (nSPS) is 25.8. The van der Waals surface area contributed by atoms with Crippen LogP contribution in [0, 0.1) is 0 Å². The van der Waals surface area contributed by atoms with Crippen molar-refractivity contribution in [2.45, 2.75) is 37.8 Å². The molecule has 0 aromatic carbocycles. The Bertz CT molecular complexity index is 246. The third-order valence-corrected chi connectivity index (χ3v) is 2.74. The van der Waals surface area contributed by atoms with E-state index in [2.05, 4.69) is 10.6 Å². The van der Waals surface area contributed by atoms with Crippen molar-refractivity contribution in [3.8, 4) is 0 Å².